The highest BCUT2D eigenvalue weighted by atomic mass is 16.5. The Morgan fingerprint density at radius 3 is 2.78 bits per heavy atom. The fourth-order valence-electron chi connectivity index (χ4n) is 9.81. The number of nitrogens with zero attached hydrogens (tertiary/aromatic N) is 1. The van der Waals surface area contributed by atoms with Gasteiger partial charge in [0.25, 0.3) is 0 Å². The van der Waals surface area contributed by atoms with Gasteiger partial charge >= 0.3 is 0 Å². The SMILES string of the molecule is CC1=C2C[C@H]3[C@@H](CC=C4C[C@@H](O)CCC43C)[C@@H]2CC[C@@]2(C1)O[C@@H]1C[C@H](C)CN(C)[C@H]1[C@H]2C. The first-order valence-corrected chi connectivity index (χ1v) is 13.7. The minimum atomic E-state index is -0.107. The van der Waals surface area contributed by atoms with Crippen LogP contribution < -0.4 is 0 Å². The van der Waals surface area contributed by atoms with Crippen LogP contribution in [0.2, 0.25) is 0 Å². The number of likely N-dealkylation sites (tertiary alicyclic amines) is 1. The highest BCUT2D eigenvalue weighted by Crippen LogP contribution is 2.63. The topological polar surface area (TPSA) is 32.7 Å². The molecule has 0 bridgehead atoms. The van der Waals surface area contributed by atoms with E-state index in [1.807, 2.05) is 5.57 Å². The Bertz CT molecular complexity index is 846. The van der Waals surface area contributed by atoms with Gasteiger partial charge in [-0.1, -0.05) is 43.6 Å². The number of fused-ring (bicyclic) bond motifs is 6. The molecule has 1 unspecified atom stereocenters. The highest BCUT2D eigenvalue weighted by Gasteiger charge is 2.58. The first-order chi connectivity index (χ1) is 15.2. The van der Waals surface area contributed by atoms with Gasteiger partial charge in [0.1, 0.15) is 0 Å². The Labute approximate surface area is 195 Å². The van der Waals surface area contributed by atoms with E-state index < -0.39 is 0 Å². The lowest BCUT2D eigenvalue weighted by molar-refractivity contribution is -0.0777. The first kappa shape index (κ1) is 21.9. The van der Waals surface area contributed by atoms with E-state index in [0.29, 0.717) is 23.5 Å². The molecule has 0 aromatic carbocycles. The van der Waals surface area contributed by atoms with Crippen LogP contribution in [0.1, 0.15) is 85.5 Å². The molecule has 0 amide bonds. The second-order valence-electron chi connectivity index (χ2n) is 13.2. The van der Waals surface area contributed by atoms with E-state index in [4.69, 9.17) is 4.74 Å². The van der Waals surface area contributed by atoms with Crippen LogP contribution in [0.15, 0.2) is 22.8 Å². The maximum Gasteiger partial charge on any atom is 0.0765 e. The normalized spacial score (nSPS) is 53.4. The van der Waals surface area contributed by atoms with E-state index in [1.54, 1.807) is 11.1 Å². The van der Waals surface area contributed by atoms with Gasteiger partial charge in [-0.05, 0) is 101 Å². The van der Waals surface area contributed by atoms with Gasteiger partial charge < -0.3 is 14.7 Å². The van der Waals surface area contributed by atoms with Crippen molar-refractivity contribution in [2.75, 3.05) is 13.6 Å². The number of piperidine rings is 1. The molecule has 0 aromatic heterocycles. The Kier molecular flexibility index (Phi) is 5.07. The third-order valence-corrected chi connectivity index (χ3v) is 11.4. The van der Waals surface area contributed by atoms with E-state index in [-0.39, 0.29) is 11.7 Å². The van der Waals surface area contributed by atoms with Crippen LogP contribution in [0.25, 0.3) is 0 Å². The molecule has 3 nitrogen and oxygen atoms in total. The molecule has 2 heterocycles. The summed E-state index contributed by atoms with van der Waals surface area (Å²) in [6.07, 6.45) is 13.5. The van der Waals surface area contributed by atoms with Crippen molar-refractivity contribution in [3.63, 3.8) is 0 Å². The minimum absolute atomic E-state index is 0.0547. The van der Waals surface area contributed by atoms with Crippen molar-refractivity contribution in [2.45, 2.75) is 109 Å². The molecule has 3 heteroatoms. The molecular weight excluding hydrogens is 394 g/mol. The molecular formula is C29H45NO2. The zero-order chi connectivity index (χ0) is 22.4. The van der Waals surface area contributed by atoms with Crippen LogP contribution in [0, 0.1) is 35.0 Å². The van der Waals surface area contributed by atoms with Gasteiger partial charge in [0.2, 0.25) is 0 Å². The van der Waals surface area contributed by atoms with E-state index in [2.05, 4.69) is 45.7 Å². The van der Waals surface area contributed by atoms with E-state index in [1.165, 1.54) is 45.1 Å². The van der Waals surface area contributed by atoms with E-state index >= 15 is 0 Å². The number of hydrogen-bond acceptors (Lipinski definition) is 3. The summed E-state index contributed by atoms with van der Waals surface area (Å²) >= 11 is 0. The number of hydrogen-bond donors (Lipinski definition) is 1. The van der Waals surface area contributed by atoms with Crippen LogP contribution in [-0.4, -0.2) is 47.4 Å². The zero-order valence-electron chi connectivity index (χ0n) is 21.1. The number of aliphatic hydroxyl groups excluding tert-OH is 1. The third kappa shape index (κ3) is 3.02. The summed E-state index contributed by atoms with van der Waals surface area (Å²) in [5.74, 6) is 3.71. The molecule has 1 spiro atoms. The van der Waals surface area contributed by atoms with Crippen molar-refractivity contribution in [1.82, 2.24) is 4.90 Å². The fraction of sp³-hybridized carbons (Fsp3) is 0.862. The van der Waals surface area contributed by atoms with Crippen molar-refractivity contribution in [1.29, 1.82) is 0 Å². The molecule has 4 aliphatic carbocycles. The van der Waals surface area contributed by atoms with Gasteiger partial charge in [0, 0.05) is 18.5 Å². The Morgan fingerprint density at radius 2 is 1.97 bits per heavy atom. The molecule has 0 aromatic rings. The lowest BCUT2D eigenvalue weighted by atomic mass is 9.56. The smallest absolute Gasteiger partial charge is 0.0765 e. The fourth-order valence-corrected chi connectivity index (χ4v) is 9.81. The summed E-state index contributed by atoms with van der Waals surface area (Å²) in [6, 6.07) is 0.599. The average Bonchev–Trinajstić information content (AvgIpc) is 3.19. The monoisotopic (exact) mass is 439 g/mol. The predicted molar refractivity (Wildman–Crippen MR) is 129 cm³/mol. The summed E-state index contributed by atoms with van der Waals surface area (Å²) in [5, 5.41) is 10.3. The molecule has 10 atom stereocenters. The van der Waals surface area contributed by atoms with Crippen LogP contribution in [0.5, 0.6) is 0 Å². The van der Waals surface area contributed by atoms with Gasteiger partial charge in [-0.3, -0.25) is 0 Å². The maximum absolute atomic E-state index is 10.3. The standard InChI is InChI=1S/C29H45NO2/c1-17-12-26-27(30(5)16-17)19(3)29(32-26)11-9-22-23-7-6-20-13-21(31)8-10-28(20,4)25(23)14-24(22)18(2)15-29/h6,17,19,21-23,25-27,31H,7-16H2,1-5H3/t17-,19+,21-,22-,23-,25-,26+,27-,28?,29-/m0/s1. The largest absolute Gasteiger partial charge is 0.393 e. The maximum atomic E-state index is 10.3. The van der Waals surface area contributed by atoms with Gasteiger partial charge in [0.05, 0.1) is 17.8 Å². The second-order valence-corrected chi connectivity index (χ2v) is 13.2. The number of rotatable bonds is 0. The Morgan fingerprint density at radius 1 is 1.16 bits per heavy atom. The molecule has 2 saturated carbocycles. The first-order valence-electron chi connectivity index (χ1n) is 13.7. The molecule has 6 rings (SSSR count). The predicted octanol–water partition coefficient (Wildman–Crippen LogP) is 5.73. The third-order valence-electron chi connectivity index (χ3n) is 11.4. The van der Waals surface area contributed by atoms with Gasteiger partial charge in [0.15, 0.2) is 0 Å². The summed E-state index contributed by atoms with van der Waals surface area (Å²) < 4.78 is 7.10. The Balaban J connectivity index is 1.29. The lowest BCUT2D eigenvalue weighted by Gasteiger charge is -2.49. The van der Waals surface area contributed by atoms with Crippen molar-refractivity contribution in [3.05, 3.63) is 22.8 Å². The zero-order valence-corrected chi connectivity index (χ0v) is 21.1. The number of likely N-dealkylation sites (N-methyl/N-ethyl adjacent to an activating group) is 1. The Hall–Kier alpha value is -0.640. The summed E-state index contributed by atoms with van der Waals surface area (Å²) in [4.78, 5) is 2.62. The van der Waals surface area contributed by atoms with Crippen molar-refractivity contribution in [2.24, 2.45) is 35.0 Å². The van der Waals surface area contributed by atoms with Crippen molar-refractivity contribution >= 4 is 0 Å². The van der Waals surface area contributed by atoms with Crippen molar-refractivity contribution in [3.8, 4) is 0 Å². The van der Waals surface area contributed by atoms with Crippen LogP contribution in [0.4, 0.5) is 0 Å². The summed E-state index contributed by atoms with van der Waals surface area (Å²) in [5.41, 5.74) is 5.44. The highest BCUT2D eigenvalue weighted by molar-refractivity contribution is 5.34. The number of ether oxygens (including phenoxy) is 1. The quantitative estimate of drug-likeness (QED) is 0.489. The molecule has 4 fully saturated rings. The van der Waals surface area contributed by atoms with E-state index in [9.17, 15) is 5.11 Å². The molecule has 2 aliphatic heterocycles. The van der Waals surface area contributed by atoms with Gasteiger partial charge in [-0.15, -0.1) is 0 Å². The minimum Gasteiger partial charge on any atom is -0.393 e. The number of aliphatic hydroxyl groups is 1. The van der Waals surface area contributed by atoms with Crippen LogP contribution in [0.3, 0.4) is 0 Å². The molecule has 32 heavy (non-hydrogen) atoms. The molecule has 2 saturated heterocycles. The average molecular weight is 440 g/mol. The van der Waals surface area contributed by atoms with Crippen LogP contribution in [-0.2, 0) is 4.74 Å². The lowest BCUT2D eigenvalue weighted by Crippen LogP contribution is -2.49. The molecule has 178 valence electrons. The van der Waals surface area contributed by atoms with Gasteiger partial charge in [-0.2, -0.15) is 0 Å². The summed E-state index contributed by atoms with van der Waals surface area (Å²) in [7, 11) is 2.33. The van der Waals surface area contributed by atoms with Crippen molar-refractivity contribution < 1.29 is 9.84 Å². The molecule has 6 aliphatic rings. The van der Waals surface area contributed by atoms with Gasteiger partial charge in [-0.25, -0.2) is 0 Å². The number of allylic oxidation sites excluding steroid dienone is 2. The van der Waals surface area contributed by atoms with Crippen LogP contribution >= 0.6 is 0 Å². The summed E-state index contributed by atoms with van der Waals surface area (Å²) in [6.45, 7) is 11.1. The molecule has 1 N–H and O–H groups in total. The second kappa shape index (κ2) is 7.43. The van der Waals surface area contributed by atoms with E-state index in [0.717, 1.165) is 42.9 Å². The molecule has 0 radical (unpaired) electrons.